The van der Waals surface area contributed by atoms with Crippen LogP contribution >= 0.6 is 0 Å². The molecule has 2 atom stereocenters. The zero-order chi connectivity index (χ0) is 20.9. The van der Waals surface area contributed by atoms with Crippen molar-refractivity contribution in [3.63, 3.8) is 0 Å². The van der Waals surface area contributed by atoms with E-state index in [2.05, 4.69) is 20.6 Å². The summed E-state index contributed by atoms with van der Waals surface area (Å²) in [4.78, 5) is 19.9. The number of benzene rings is 1. The number of anilines is 1. The third-order valence-electron chi connectivity index (χ3n) is 3.66. The van der Waals surface area contributed by atoms with Crippen LogP contribution in [0.4, 0.5) is 14.5 Å². The standard InChI is InChI=1S/C18H20F2N4O3S/c1-11(7-8-28(3,26)27)23-18(25)17-21-9-13(10-22-17)24-12(2)14-5-4-6-15(19)16(14)20/h4-12,24H,1-3H3,(H,23,25)/b8-7+/t11-,12+/m1/s1. The van der Waals surface area contributed by atoms with Crippen molar-refractivity contribution in [2.45, 2.75) is 25.9 Å². The number of hydrogen-bond donors (Lipinski definition) is 2. The van der Waals surface area contributed by atoms with E-state index >= 15 is 0 Å². The van der Waals surface area contributed by atoms with E-state index in [9.17, 15) is 22.0 Å². The summed E-state index contributed by atoms with van der Waals surface area (Å²) in [7, 11) is -3.29. The van der Waals surface area contributed by atoms with Crippen LogP contribution in [0.3, 0.4) is 0 Å². The molecule has 0 spiro atoms. The summed E-state index contributed by atoms with van der Waals surface area (Å²) >= 11 is 0. The molecule has 1 heterocycles. The summed E-state index contributed by atoms with van der Waals surface area (Å²) in [5.41, 5.74) is 0.561. The largest absolute Gasteiger partial charge is 0.376 e. The van der Waals surface area contributed by atoms with Gasteiger partial charge in [0.2, 0.25) is 5.82 Å². The lowest BCUT2D eigenvalue weighted by molar-refractivity contribution is 0.0936. The Hall–Kier alpha value is -2.88. The average molecular weight is 410 g/mol. The van der Waals surface area contributed by atoms with Crippen LogP contribution < -0.4 is 10.6 Å². The van der Waals surface area contributed by atoms with E-state index in [0.717, 1.165) is 17.7 Å². The number of aromatic nitrogens is 2. The maximum Gasteiger partial charge on any atom is 0.289 e. The molecule has 10 heteroatoms. The molecule has 1 amide bonds. The first-order valence-electron chi connectivity index (χ1n) is 8.28. The summed E-state index contributed by atoms with van der Waals surface area (Å²) in [6.07, 6.45) is 5.06. The van der Waals surface area contributed by atoms with Gasteiger partial charge in [0.05, 0.1) is 24.1 Å². The number of hydrogen-bond acceptors (Lipinski definition) is 6. The quantitative estimate of drug-likeness (QED) is 0.728. The van der Waals surface area contributed by atoms with Gasteiger partial charge in [-0.05, 0) is 19.9 Å². The fourth-order valence-electron chi connectivity index (χ4n) is 2.28. The van der Waals surface area contributed by atoms with E-state index in [0.29, 0.717) is 5.69 Å². The van der Waals surface area contributed by atoms with Crippen LogP contribution in [-0.4, -0.2) is 36.6 Å². The molecule has 0 saturated carbocycles. The molecule has 7 nitrogen and oxygen atoms in total. The van der Waals surface area contributed by atoms with Crippen LogP contribution in [0.25, 0.3) is 0 Å². The minimum absolute atomic E-state index is 0.116. The molecule has 0 bridgehead atoms. The molecule has 0 aliphatic carbocycles. The molecule has 28 heavy (non-hydrogen) atoms. The molecule has 1 aromatic heterocycles. The lowest BCUT2D eigenvalue weighted by Gasteiger charge is -2.16. The van der Waals surface area contributed by atoms with Crippen LogP contribution in [0.5, 0.6) is 0 Å². The first-order valence-corrected chi connectivity index (χ1v) is 10.2. The van der Waals surface area contributed by atoms with Gasteiger partial charge in [-0.1, -0.05) is 18.2 Å². The molecular formula is C18H20F2N4O3S. The molecule has 0 aliphatic heterocycles. The monoisotopic (exact) mass is 410 g/mol. The van der Waals surface area contributed by atoms with E-state index in [-0.39, 0.29) is 11.4 Å². The molecule has 150 valence electrons. The summed E-state index contributed by atoms with van der Waals surface area (Å²) in [6.45, 7) is 3.25. The third kappa shape index (κ3) is 6.08. The molecule has 2 rings (SSSR count). The Balaban J connectivity index is 2.02. The van der Waals surface area contributed by atoms with Crippen molar-refractivity contribution in [1.29, 1.82) is 0 Å². The van der Waals surface area contributed by atoms with Crippen molar-refractivity contribution in [2.75, 3.05) is 11.6 Å². The fourth-order valence-corrected chi connectivity index (χ4v) is 2.80. The van der Waals surface area contributed by atoms with Crippen molar-refractivity contribution in [2.24, 2.45) is 0 Å². The first-order chi connectivity index (χ1) is 13.1. The number of carbonyl (C=O) groups is 1. The van der Waals surface area contributed by atoms with E-state index in [1.165, 1.54) is 30.6 Å². The second kappa shape index (κ2) is 8.87. The predicted octanol–water partition coefficient (Wildman–Crippen LogP) is 2.60. The van der Waals surface area contributed by atoms with Gasteiger partial charge in [0.25, 0.3) is 5.91 Å². The summed E-state index contributed by atoms with van der Waals surface area (Å²) < 4.78 is 49.3. The van der Waals surface area contributed by atoms with Gasteiger partial charge in [0.15, 0.2) is 21.5 Å². The Bertz CT molecular complexity index is 979. The number of halogens is 2. The van der Waals surface area contributed by atoms with Crippen molar-refractivity contribution < 1.29 is 22.0 Å². The lowest BCUT2D eigenvalue weighted by Crippen LogP contribution is -2.32. The highest BCUT2D eigenvalue weighted by atomic mass is 32.2. The van der Waals surface area contributed by atoms with Gasteiger partial charge < -0.3 is 10.6 Å². The average Bonchev–Trinajstić information content (AvgIpc) is 2.62. The Labute approximate surface area is 161 Å². The van der Waals surface area contributed by atoms with E-state index in [1.807, 2.05) is 0 Å². The second-order valence-electron chi connectivity index (χ2n) is 6.22. The van der Waals surface area contributed by atoms with Crippen LogP contribution in [0.1, 0.15) is 36.1 Å². The maximum atomic E-state index is 13.8. The molecular weight excluding hydrogens is 390 g/mol. The van der Waals surface area contributed by atoms with E-state index in [1.54, 1.807) is 13.8 Å². The van der Waals surface area contributed by atoms with Crippen LogP contribution in [-0.2, 0) is 9.84 Å². The minimum Gasteiger partial charge on any atom is -0.376 e. The van der Waals surface area contributed by atoms with Gasteiger partial charge in [0, 0.05) is 23.3 Å². The lowest BCUT2D eigenvalue weighted by atomic mass is 10.1. The maximum absolute atomic E-state index is 13.8. The third-order valence-corrected chi connectivity index (χ3v) is 4.31. The number of nitrogens with one attached hydrogen (secondary N) is 2. The second-order valence-corrected chi connectivity index (χ2v) is 8.16. The van der Waals surface area contributed by atoms with Gasteiger partial charge in [0.1, 0.15) is 0 Å². The SMILES string of the molecule is C[C@H](/C=C/S(C)(=O)=O)NC(=O)c1ncc(N[C@@H](C)c2cccc(F)c2F)cn1. The van der Waals surface area contributed by atoms with Gasteiger partial charge in [-0.15, -0.1) is 0 Å². The van der Waals surface area contributed by atoms with Crippen molar-refractivity contribution in [1.82, 2.24) is 15.3 Å². The highest BCUT2D eigenvalue weighted by Gasteiger charge is 2.15. The summed E-state index contributed by atoms with van der Waals surface area (Å²) in [5, 5.41) is 6.47. The highest BCUT2D eigenvalue weighted by Crippen LogP contribution is 2.22. The van der Waals surface area contributed by atoms with E-state index in [4.69, 9.17) is 0 Å². The number of sulfone groups is 1. The number of amides is 1. The number of nitrogens with zero attached hydrogens (tertiary/aromatic N) is 2. The molecule has 2 N–H and O–H groups in total. The molecule has 0 radical (unpaired) electrons. The Morgan fingerprint density at radius 1 is 1.18 bits per heavy atom. The topological polar surface area (TPSA) is 101 Å². The molecule has 2 aromatic rings. The molecule has 0 saturated heterocycles. The molecule has 0 unspecified atom stereocenters. The normalized spacial score (nSPS) is 13.9. The van der Waals surface area contributed by atoms with Crippen molar-refractivity contribution >= 4 is 21.4 Å². The number of rotatable bonds is 7. The van der Waals surface area contributed by atoms with E-state index < -0.39 is 39.5 Å². The Morgan fingerprint density at radius 2 is 1.82 bits per heavy atom. The van der Waals surface area contributed by atoms with Crippen LogP contribution in [0.15, 0.2) is 42.1 Å². The molecule has 1 aromatic carbocycles. The van der Waals surface area contributed by atoms with Gasteiger partial charge >= 0.3 is 0 Å². The summed E-state index contributed by atoms with van der Waals surface area (Å²) in [5.74, 6) is -2.57. The van der Waals surface area contributed by atoms with Crippen molar-refractivity contribution in [3.05, 3.63) is 65.1 Å². The predicted molar refractivity (Wildman–Crippen MR) is 101 cm³/mol. The van der Waals surface area contributed by atoms with Crippen LogP contribution in [0, 0.1) is 11.6 Å². The van der Waals surface area contributed by atoms with Gasteiger partial charge in [-0.25, -0.2) is 27.2 Å². The summed E-state index contributed by atoms with van der Waals surface area (Å²) in [6, 6.07) is 2.81. The number of carbonyl (C=O) groups excluding carboxylic acids is 1. The Morgan fingerprint density at radius 3 is 2.43 bits per heavy atom. The highest BCUT2D eigenvalue weighted by molar-refractivity contribution is 7.93. The smallest absolute Gasteiger partial charge is 0.289 e. The molecule has 0 fully saturated rings. The minimum atomic E-state index is -3.29. The zero-order valence-electron chi connectivity index (χ0n) is 15.5. The van der Waals surface area contributed by atoms with Gasteiger partial charge in [-0.2, -0.15) is 0 Å². The van der Waals surface area contributed by atoms with Gasteiger partial charge in [-0.3, -0.25) is 4.79 Å². The van der Waals surface area contributed by atoms with Crippen molar-refractivity contribution in [3.8, 4) is 0 Å². The molecule has 0 aliphatic rings. The Kier molecular flexibility index (Phi) is 6.79. The first kappa shape index (κ1) is 21.4. The van der Waals surface area contributed by atoms with Crippen LogP contribution in [0.2, 0.25) is 0 Å². The fraction of sp³-hybridized carbons (Fsp3) is 0.278. The zero-order valence-corrected chi connectivity index (χ0v) is 16.3.